The van der Waals surface area contributed by atoms with Crippen molar-refractivity contribution in [2.75, 3.05) is 23.3 Å². The number of nitrogens with one attached hydrogen (secondary N) is 1. The minimum absolute atomic E-state index is 0.0850. The quantitative estimate of drug-likeness (QED) is 0.627. The van der Waals surface area contributed by atoms with Gasteiger partial charge in [-0.2, -0.15) is 10.2 Å². The molecule has 34 heavy (non-hydrogen) atoms. The maximum absolute atomic E-state index is 14.1. The van der Waals surface area contributed by atoms with E-state index in [9.17, 15) is 13.6 Å². The van der Waals surface area contributed by atoms with Crippen LogP contribution in [-0.4, -0.2) is 40.5 Å². The molecule has 0 radical (unpaired) electrons. The number of anilines is 2. The Morgan fingerprint density at radius 2 is 1.91 bits per heavy atom. The van der Waals surface area contributed by atoms with Crippen LogP contribution >= 0.6 is 0 Å². The predicted octanol–water partition coefficient (Wildman–Crippen LogP) is 3.64. The predicted molar refractivity (Wildman–Crippen MR) is 117 cm³/mol. The molecule has 1 saturated heterocycles. The van der Waals surface area contributed by atoms with Crippen molar-refractivity contribution in [1.29, 1.82) is 5.26 Å². The van der Waals surface area contributed by atoms with Gasteiger partial charge in [-0.15, -0.1) is 0 Å². The van der Waals surface area contributed by atoms with Crippen LogP contribution in [0.15, 0.2) is 52.1 Å². The first-order chi connectivity index (χ1) is 16.5. The van der Waals surface area contributed by atoms with Crippen LogP contribution in [0.1, 0.15) is 24.8 Å². The zero-order valence-corrected chi connectivity index (χ0v) is 17.8. The molecule has 0 atom stereocenters. The topological polar surface area (TPSA) is 117 Å². The highest BCUT2D eigenvalue weighted by molar-refractivity contribution is 6.43. The van der Waals surface area contributed by atoms with Crippen molar-refractivity contribution < 1.29 is 22.9 Å². The van der Waals surface area contributed by atoms with E-state index in [4.69, 9.17) is 14.6 Å². The van der Waals surface area contributed by atoms with Crippen molar-refractivity contribution in [3.63, 3.8) is 0 Å². The molecule has 3 aromatic rings. The third kappa shape index (κ3) is 4.05. The lowest BCUT2D eigenvalue weighted by Crippen LogP contribution is -2.45. The molecule has 1 amide bonds. The molecule has 2 aromatic carbocycles. The number of amides is 1. The van der Waals surface area contributed by atoms with Gasteiger partial charge in [0.2, 0.25) is 5.82 Å². The third-order valence-corrected chi connectivity index (χ3v) is 5.92. The van der Waals surface area contributed by atoms with Crippen LogP contribution in [0.25, 0.3) is 11.4 Å². The Kier molecular flexibility index (Phi) is 5.41. The van der Waals surface area contributed by atoms with Crippen LogP contribution in [0, 0.1) is 23.0 Å². The summed E-state index contributed by atoms with van der Waals surface area (Å²) in [6, 6.07) is 12.9. The Hall–Kier alpha value is -4.33. The van der Waals surface area contributed by atoms with Crippen molar-refractivity contribution in [3.8, 4) is 17.5 Å². The number of hydrogen-bond acceptors (Lipinski definition) is 8. The molecule has 9 nitrogen and oxygen atoms in total. The first-order valence-electron chi connectivity index (χ1n) is 10.6. The first kappa shape index (κ1) is 21.5. The Bertz CT molecular complexity index is 1310. The highest BCUT2D eigenvalue weighted by Gasteiger charge is 2.44. The van der Waals surface area contributed by atoms with E-state index in [0.717, 1.165) is 17.7 Å². The van der Waals surface area contributed by atoms with Gasteiger partial charge in [0.1, 0.15) is 29.0 Å². The van der Waals surface area contributed by atoms with E-state index in [2.05, 4.69) is 20.6 Å². The molecule has 0 saturated carbocycles. The van der Waals surface area contributed by atoms with Crippen LogP contribution in [0.3, 0.4) is 0 Å². The second kappa shape index (κ2) is 8.55. The molecule has 1 spiro atoms. The van der Waals surface area contributed by atoms with E-state index in [1.807, 2.05) is 35.2 Å². The lowest BCUT2D eigenvalue weighted by Gasteiger charge is -2.36. The summed E-state index contributed by atoms with van der Waals surface area (Å²) < 4.78 is 33.3. The lowest BCUT2D eigenvalue weighted by atomic mass is 9.87. The molecular weight excluding hydrogens is 446 g/mol. The monoisotopic (exact) mass is 464 g/mol. The lowest BCUT2D eigenvalue weighted by molar-refractivity contribution is -0.110. The maximum Gasteiger partial charge on any atom is 0.324 e. The van der Waals surface area contributed by atoms with Gasteiger partial charge < -0.3 is 19.6 Å². The minimum atomic E-state index is -0.927. The molecule has 2 aliphatic heterocycles. The van der Waals surface area contributed by atoms with Crippen molar-refractivity contribution in [1.82, 2.24) is 10.1 Å². The summed E-state index contributed by atoms with van der Waals surface area (Å²) in [5, 5.41) is 19.0. The number of carbonyl (C=O) groups is 1. The smallest absolute Gasteiger partial charge is 0.324 e. The molecular formula is C23H18F2N6O3. The Balaban J connectivity index is 1.19. The van der Waals surface area contributed by atoms with Gasteiger partial charge in [-0.25, -0.2) is 8.78 Å². The molecule has 0 bridgehead atoms. The molecule has 0 aliphatic carbocycles. The van der Waals surface area contributed by atoms with E-state index in [1.54, 1.807) is 6.07 Å². The summed E-state index contributed by atoms with van der Waals surface area (Å²) in [7, 11) is 0. The summed E-state index contributed by atoms with van der Waals surface area (Å²) in [5.41, 5.74) is -0.542. The molecule has 0 unspecified atom stereocenters. The van der Waals surface area contributed by atoms with Gasteiger partial charge in [0.25, 0.3) is 5.91 Å². The third-order valence-electron chi connectivity index (χ3n) is 5.92. The van der Waals surface area contributed by atoms with Gasteiger partial charge in [0.05, 0.1) is 11.3 Å². The maximum atomic E-state index is 14.1. The van der Waals surface area contributed by atoms with Gasteiger partial charge in [-0.3, -0.25) is 4.79 Å². The first-order valence-corrected chi connectivity index (χ1v) is 10.6. The van der Waals surface area contributed by atoms with E-state index in [-0.39, 0.29) is 17.8 Å². The minimum Gasteiger partial charge on any atom is -0.388 e. The Morgan fingerprint density at radius 3 is 2.65 bits per heavy atom. The van der Waals surface area contributed by atoms with Crippen molar-refractivity contribution in [3.05, 3.63) is 59.7 Å². The summed E-state index contributed by atoms with van der Waals surface area (Å²) in [6.45, 7) is 1.10. The van der Waals surface area contributed by atoms with Gasteiger partial charge in [0.15, 0.2) is 0 Å². The molecule has 172 valence electrons. The number of carbonyl (C=O) groups excluding carboxylic acids is 1. The fourth-order valence-electron chi connectivity index (χ4n) is 3.99. The fourth-order valence-corrected chi connectivity index (χ4v) is 3.99. The molecule has 1 fully saturated rings. The standard InChI is InChI=1S/C23H18F2N6O3/c24-16-11-18(17(25)10-15(16)13-26)27-21(32)19-12-23(34-29-19)6-8-31(9-7-23)22-28-20(30-33-22)14-4-2-1-3-5-14/h1-5,10-11H,6-9,12H2,(H,27,32). The van der Waals surface area contributed by atoms with Crippen LogP contribution in [-0.2, 0) is 9.63 Å². The average molecular weight is 464 g/mol. The summed E-state index contributed by atoms with van der Waals surface area (Å²) in [6.07, 6.45) is 1.33. The van der Waals surface area contributed by atoms with E-state index in [1.165, 1.54) is 0 Å². The Labute approximate surface area is 192 Å². The molecule has 3 heterocycles. The number of halogens is 2. The van der Waals surface area contributed by atoms with E-state index < -0.39 is 28.7 Å². The summed E-state index contributed by atoms with van der Waals surface area (Å²) in [4.78, 5) is 24.6. The summed E-state index contributed by atoms with van der Waals surface area (Å²) >= 11 is 0. The highest BCUT2D eigenvalue weighted by atomic mass is 19.1. The van der Waals surface area contributed by atoms with E-state index >= 15 is 0 Å². The van der Waals surface area contributed by atoms with Gasteiger partial charge in [-0.05, 0) is 6.07 Å². The van der Waals surface area contributed by atoms with Crippen LogP contribution in [0.2, 0.25) is 0 Å². The second-order valence-corrected chi connectivity index (χ2v) is 8.12. The van der Waals surface area contributed by atoms with Crippen molar-refractivity contribution in [2.45, 2.75) is 24.9 Å². The van der Waals surface area contributed by atoms with Crippen LogP contribution < -0.4 is 10.2 Å². The largest absolute Gasteiger partial charge is 0.388 e. The number of nitriles is 1. The van der Waals surface area contributed by atoms with E-state index in [0.29, 0.717) is 37.8 Å². The Morgan fingerprint density at radius 1 is 1.15 bits per heavy atom. The number of piperidine rings is 1. The number of oxime groups is 1. The van der Waals surface area contributed by atoms with Crippen LogP contribution in [0.4, 0.5) is 20.5 Å². The molecule has 1 aromatic heterocycles. The van der Waals surface area contributed by atoms with Crippen molar-refractivity contribution >= 4 is 23.3 Å². The SMILES string of the molecule is N#Cc1cc(F)c(NC(=O)C2=NOC3(CCN(c4nc(-c5ccccc5)no4)CC3)C2)cc1F. The van der Waals surface area contributed by atoms with Crippen molar-refractivity contribution in [2.24, 2.45) is 5.16 Å². The summed E-state index contributed by atoms with van der Waals surface area (Å²) in [5.74, 6) is -2.03. The van der Waals surface area contributed by atoms with Gasteiger partial charge in [0, 0.05) is 44.0 Å². The number of hydrogen-bond donors (Lipinski definition) is 1. The fraction of sp³-hybridized carbons (Fsp3) is 0.261. The number of nitrogens with zero attached hydrogens (tertiary/aromatic N) is 5. The molecule has 2 aliphatic rings. The average Bonchev–Trinajstić information content (AvgIpc) is 3.51. The zero-order chi connectivity index (χ0) is 23.7. The zero-order valence-electron chi connectivity index (χ0n) is 17.8. The van der Waals surface area contributed by atoms with Gasteiger partial charge in [-0.1, -0.05) is 40.6 Å². The molecule has 11 heteroatoms. The highest BCUT2D eigenvalue weighted by Crippen LogP contribution is 2.36. The molecule has 5 rings (SSSR count). The normalized spacial score (nSPS) is 16.6. The number of benzene rings is 2. The number of rotatable bonds is 4. The molecule has 1 N–H and O–H groups in total. The van der Waals surface area contributed by atoms with Gasteiger partial charge >= 0.3 is 6.01 Å². The second-order valence-electron chi connectivity index (χ2n) is 8.12. The van der Waals surface area contributed by atoms with Crippen LogP contribution in [0.5, 0.6) is 0 Å². The number of aromatic nitrogens is 2.